The first-order valence-electron chi connectivity index (χ1n) is 11.8. The van der Waals surface area contributed by atoms with Gasteiger partial charge in [0, 0.05) is 18.8 Å². The lowest BCUT2D eigenvalue weighted by molar-refractivity contribution is -0.120. The molecule has 2 saturated heterocycles. The van der Waals surface area contributed by atoms with Crippen molar-refractivity contribution in [1.82, 2.24) is 0 Å². The Labute approximate surface area is 235 Å². The van der Waals surface area contributed by atoms with E-state index in [0.29, 0.717) is 30.2 Å². The van der Waals surface area contributed by atoms with Crippen molar-refractivity contribution in [3.8, 4) is 5.75 Å². The summed E-state index contributed by atoms with van der Waals surface area (Å²) in [5.41, 5.74) is 2.29. The van der Waals surface area contributed by atoms with Crippen LogP contribution in [0, 0.1) is 0 Å². The topological polar surface area (TPSA) is 62.3 Å². The van der Waals surface area contributed by atoms with Crippen molar-refractivity contribution >= 4 is 75.5 Å². The van der Waals surface area contributed by atoms with Crippen LogP contribution in [0.15, 0.2) is 72.3 Å². The Kier molecular flexibility index (Phi) is 7.67. The summed E-state index contributed by atoms with van der Waals surface area (Å²) >= 11 is 18.7. The Hall–Kier alpha value is -3.43. The summed E-state index contributed by atoms with van der Waals surface area (Å²) in [7, 11) is 1.57. The van der Waals surface area contributed by atoms with Gasteiger partial charge in [-0.1, -0.05) is 41.4 Å². The van der Waals surface area contributed by atoms with Crippen LogP contribution in [0.4, 0.5) is 17.1 Å². The first-order valence-corrected chi connectivity index (χ1v) is 13.0. The number of hydrogen-bond donors (Lipinski definition) is 0. The van der Waals surface area contributed by atoms with E-state index in [9.17, 15) is 9.59 Å². The first-order chi connectivity index (χ1) is 18.4. The number of nitrogens with zero attached hydrogens (tertiary/aromatic N) is 3. The van der Waals surface area contributed by atoms with Crippen molar-refractivity contribution in [3.05, 3.63) is 87.9 Å². The quantitative estimate of drug-likeness (QED) is 0.227. The van der Waals surface area contributed by atoms with Crippen LogP contribution >= 0.6 is 35.4 Å². The zero-order valence-corrected chi connectivity index (χ0v) is 22.7. The summed E-state index contributed by atoms with van der Waals surface area (Å²) in [5, 5.41) is 0.420. The minimum Gasteiger partial charge on any atom is -0.497 e. The molecule has 0 saturated carbocycles. The van der Waals surface area contributed by atoms with E-state index in [1.807, 2.05) is 24.3 Å². The first kappa shape index (κ1) is 26.2. The SMILES string of the molecule is COc1ccc(/C=C2/C(=O)N(c3ccc(N4CCOCC4)cc3)C(=S)N(c3c(Cl)cccc3Cl)C2=O)cc1. The molecular weight excluding hydrogens is 545 g/mol. The lowest BCUT2D eigenvalue weighted by atomic mass is 10.0. The van der Waals surface area contributed by atoms with Gasteiger partial charge in [-0.2, -0.15) is 0 Å². The third-order valence-corrected chi connectivity index (χ3v) is 7.30. The number of amides is 2. The number of rotatable bonds is 5. The highest BCUT2D eigenvalue weighted by Gasteiger charge is 2.42. The van der Waals surface area contributed by atoms with Crippen molar-refractivity contribution in [2.24, 2.45) is 0 Å². The van der Waals surface area contributed by atoms with E-state index < -0.39 is 11.8 Å². The lowest BCUT2D eigenvalue weighted by Gasteiger charge is -2.37. The average molecular weight is 568 g/mol. The molecule has 0 aliphatic carbocycles. The average Bonchev–Trinajstić information content (AvgIpc) is 2.94. The number of thiocarbonyl (C=S) groups is 1. The largest absolute Gasteiger partial charge is 0.497 e. The standard InChI is InChI=1S/C28H23Cl2N3O4S/c1-36-21-11-5-18(6-12-21)17-22-26(34)32(20-9-7-19(8-10-20)31-13-15-37-16-14-31)28(38)33(27(22)35)25-23(29)3-2-4-24(25)30/h2-12,17H,13-16H2,1H3/b22-17-. The Morgan fingerprint density at radius 3 is 2.03 bits per heavy atom. The number of carbonyl (C=O) groups is 2. The number of benzene rings is 3. The Bertz CT molecular complexity index is 1400. The molecule has 3 aromatic rings. The summed E-state index contributed by atoms with van der Waals surface area (Å²) < 4.78 is 10.7. The van der Waals surface area contributed by atoms with Gasteiger partial charge in [0.2, 0.25) is 0 Å². The van der Waals surface area contributed by atoms with Crippen molar-refractivity contribution in [2.75, 3.05) is 48.1 Å². The molecule has 0 atom stereocenters. The summed E-state index contributed by atoms with van der Waals surface area (Å²) in [6, 6.07) is 19.4. The van der Waals surface area contributed by atoms with Crippen LogP contribution < -0.4 is 19.4 Å². The van der Waals surface area contributed by atoms with E-state index in [1.54, 1.807) is 49.6 Å². The second-order valence-electron chi connectivity index (χ2n) is 8.58. The smallest absolute Gasteiger partial charge is 0.270 e. The normalized spacial score (nSPS) is 17.4. The van der Waals surface area contributed by atoms with Crippen molar-refractivity contribution in [2.45, 2.75) is 0 Å². The Morgan fingerprint density at radius 2 is 1.42 bits per heavy atom. The molecule has 0 bridgehead atoms. The molecule has 10 heteroatoms. The van der Waals surface area contributed by atoms with Gasteiger partial charge in [-0.15, -0.1) is 0 Å². The number of morpholine rings is 1. The highest BCUT2D eigenvalue weighted by molar-refractivity contribution is 7.81. The number of carbonyl (C=O) groups excluding carboxylic acids is 2. The van der Waals surface area contributed by atoms with Crippen LogP contribution in [-0.4, -0.2) is 50.3 Å². The van der Waals surface area contributed by atoms with E-state index in [4.69, 9.17) is 44.9 Å². The summed E-state index contributed by atoms with van der Waals surface area (Å²) in [6.07, 6.45) is 1.53. The third-order valence-electron chi connectivity index (χ3n) is 6.32. The molecule has 2 aliphatic heterocycles. The molecule has 0 N–H and O–H groups in total. The molecule has 2 amide bonds. The fourth-order valence-corrected chi connectivity index (χ4v) is 5.29. The van der Waals surface area contributed by atoms with Gasteiger partial charge in [0.15, 0.2) is 5.11 Å². The molecule has 7 nitrogen and oxygen atoms in total. The molecular formula is C28H23Cl2N3O4S. The molecule has 0 radical (unpaired) electrons. The van der Waals surface area contributed by atoms with Gasteiger partial charge < -0.3 is 14.4 Å². The zero-order chi connectivity index (χ0) is 26.8. The molecule has 5 rings (SSSR count). The maximum Gasteiger partial charge on any atom is 0.270 e. The maximum atomic E-state index is 13.8. The van der Waals surface area contributed by atoms with E-state index in [2.05, 4.69) is 4.90 Å². The fraction of sp³-hybridized carbons (Fsp3) is 0.179. The Morgan fingerprint density at radius 1 is 0.842 bits per heavy atom. The van der Waals surface area contributed by atoms with Crippen molar-refractivity contribution in [1.29, 1.82) is 0 Å². The minimum absolute atomic E-state index is 0.0407. The molecule has 0 unspecified atom stereocenters. The van der Waals surface area contributed by atoms with Crippen LogP contribution in [0.1, 0.15) is 5.56 Å². The van der Waals surface area contributed by atoms with Crippen molar-refractivity contribution < 1.29 is 19.1 Å². The molecule has 2 fully saturated rings. The van der Waals surface area contributed by atoms with E-state index in [0.717, 1.165) is 18.8 Å². The molecule has 2 heterocycles. The second kappa shape index (κ2) is 11.1. The number of anilines is 3. The third kappa shape index (κ3) is 5.00. The summed E-state index contributed by atoms with van der Waals surface area (Å²) in [6.45, 7) is 2.88. The minimum atomic E-state index is -0.619. The van der Waals surface area contributed by atoms with Gasteiger partial charge in [0.25, 0.3) is 11.8 Å². The number of para-hydroxylation sites is 1. The van der Waals surface area contributed by atoms with Crippen LogP contribution in [0.25, 0.3) is 6.08 Å². The molecule has 38 heavy (non-hydrogen) atoms. The van der Waals surface area contributed by atoms with Gasteiger partial charge in [0.05, 0.1) is 41.7 Å². The van der Waals surface area contributed by atoms with E-state index in [-0.39, 0.29) is 26.4 Å². The Balaban J connectivity index is 1.59. The van der Waals surface area contributed by atoms with E-state index >= 15 is 0 Å². The molecule has 194 valence electrons. The monoisotopic (exact) mass is 567 g/mol. The van der Waals surface area contributed by atoms with E-state index in [1.165, 1.54) is 15.9 Å². The van der Waals surface area contributed by atoms with Gasteiger partial charge in [-0.25, -0.2) is 4.90 Å². The van der Waals surface area contributed by atoms with Crippen LogP contribution in [0.2, 0.25) is 10.0 Å². The lowest BCUT2D eigenvalue weighted by Crippen LogP contribution is -2.57. The molecule has 2 aliphatic rings. The number of ether oxygens (including phenoxy) is 2. The summed E-state index contributed by atoms with van der Waals surface area (Å²) in [5.74, 6) is -0.512. The van der Waals surface area contributed by atoms with Gasteiger partial charge in [-0.05, 0) is 72.4 Å². The highest BCUT2D eigenvalue weighted by Crippen LogP contribution is 2.38. The van der Waals surface area contributed by atoms with Gasteiger partial charge in [-0.3, -0.25) is 14.5 Å². The maximum absolute atomic E-state index is 13.8. The van der Waals surface area contributed by atoms with Crippen molar-refractivity contribution in [3.63, 3.8) is 0 Å². The molecule has 0 spiro atoms. The van der Waals surface area contributed by atoms with Crippen LogP contribution in [0.3, 0.4) is 0 Å². The molecule has 3 aromatic carbocycles. The van der Waals surface area contributed by atoms with Crippen LogP contribution in [-0.2, 0) is 14.3 Å². The second-order valence-corrected chi connectivity index (χ2v) is 9.76. The predicted octanol–water partition coefficient (Wildman–Crippen LogP) is 5.59. The van der Waals surface area contributed by atoms with Gasteiger partial charge >= 0.3 is 0 Å². The zero-order valence-electron chi connectivity index (χ0n) is 20.4. The number of methoxy groups -OCH3 is 1. The fourth-order valence-electron chi connectivity index (χ4n) is 4.36. The predicted molar refractivity (Wildman–Crippen MR) is 154 cm³/mol. The summed E-state index contributed by atoms with van der Waals surface area (Å²) in [4.78, 5) is 32.3. The van der Waals surface area contributed by atoms with Gasteiger partial charge in [0.1, 0.15) is 11.3 Å². The number of hydrogen-bond acceptors (Lipinski definition) is 6. The number of halogens is 2. The highest BCUT2D eigenvalue weighted by atomic mass is 35.5. The van der Waals surface area contributed by atoms with Crippen LogP contribution in [0.5, 0.6) is 5.75 Å². The molecule has 0 aromatic heterocycles.